The van der Waals surface area contributed by atoms with E-state index in [9.17, 15) is 26.7 Å². The molecule has 0 atom stereocenters. The second-order valence-corrected chi connectivity index (χ2v) is 9.35. The van der Waals surface area contributed by atoms with E-state index in [4.69, 9.17) is 0 Å². The van der Waals surface area contributed by atoms with E-state index in [1.807, 2.05) is 18.2 Å². The summed E-state index contributed by atoms with van der Waals surface area (Å²) in [6, 6.07) is 8.22. The third-order valence-corrected chi connectivity index (χ3v) is 6.57. The van der Waals surface area contributed by atoms with Crippen LogP contribution in [0.1, 0.15) is 40.0 Å². The fraction of sp³-hybridized carbons (Fsp3) is 0.360. The van der Waals surface area contributed by atoms with E-state index in [0.717, 1.165) is 42.9 Å². The lowest BCUT2D eigenvalue weighted by Crippen LogP contribution is -2.34. The number of fused-ring (bicyclic) bond motifs is 1. The van der Waals surface area contributed by atoms with Gasteiger partial charge in [0.15, 0.2) is 11.6 Å². The highest BCUT2D eigenvalue weighted by Gasteiger charge is 2.46. The molecular weight excluding hydrogens is 509 g/mol. The van der Waals surface area contributed by atoms with Crippen LogP contribution in [-0.4, -0.2) is 46.8 Å². The molecular formula is C25H24F5N7O. The summed E-state index contributed by atoms with van der Waals surface area (Å²) in [5, 5.41) is 10.7. The second kappa shape index (κ2) is 10.1. The number of hydrogen-bond acceptors (Lipinski definition) is 7. The number of carbonyl (C=O) groups is 1. The van der Waals surface area contributed by atoms with Gasteiger partial charge < -0.3 is 21.3 Å². The zero-order valence-electron chi connectivity index (χ0n) is 20.1. The number of amides is 1. The molecule has 1 aromatic carbocycles. The van der Waals surface area contributed by atoms with Gasteiger partial charge in [0.2, 0.25) is 5.95 Å². The normalized spacial score (nSPS) is 15.9. The molecule has 1 aliphatic heterocycles. The Morgan fingerprint density at radius 2 is 1.87 bits per heavy atom. The van der Waals surface area contributed by atoms with Gasteiger partial charge >= 0.3 is 6.18 Å². The fourth-order valence-electron chi connectivity index (χ4n) is 4.21. The maximum atomic E-state index is 14.7. The fourth-order valence-corrected chi connectivity index (χ4v) is 4.21. The van der Waals surface area contributed by atoms with Crippen molar-refractivity contribution in [2.45, 2.75) is 37.4 Å². The lowest BCUT2D eigenvalue weighted by Gasteiger charge is -2.18. The zero-order chi connectivity index (χ0) is 26.9. The quantitative estimate of drug-likeness (QED) is 0.318. The van der Waals surface area contributed by atoms with Crippen LogP contribution in [0.5, 0.6) is 0 Å². The number of aromatic nitrogens is 3. The highest BCUT2D eigenvalue weighted by atomic mass is 19.4. The molecule has 1 aliphatic carbocycles. The van der Waals surface area contributed by atoms with Gasteiger partial charge in [0.05, 0.1) is 5.69 Å². The van der Waals surface area contributed by atoms with Gasteiger partial charge in [-0.25, -0.2) is 14.4 Å². The van der Waals surface area contributed by atoms with Crippen molar-refractivity contribution in [1.82, 2.24) is 25.6 Å². The van der Waals surface area contributed by atoms with Gasteiger partial charge in [0.1, 0.15) is 24.6 Å². The van der Waals surface area contributed by atoms with Gasteiger partial charge in [-0.05, 0) is 61.2 Å². The molecule has 4 N–H and O–H groups in total. The largest absolute Gasteiger partial charge is 0.405 e. The molecule has 3 heterocycles. The zero-order valence-corrected chi connectivity index (χ0v) is 20.1. The van der Waals surface area contributed by atoms with Crippen LogP contribution in [0, 0.1) is 5.82 Å². The number of rotatable bonds is 8. The molecule has 2 aromatic heterocycles. The first-order chi connectivity index (χ1) is 18.2. The summed E-state index contributed by atoms with van der Waals surface area (Å²) < 4.78 is 66.3. The van der Waals surface area contributed by atoms with E-state index in [0.29, 0.717) is 24.2 Å². The Hall–Kier alpha value is -3.87. The van der Waals surface area contributed by atoms with Crippen LogP contribution in [-0.2, 0) is 18.4 Å². The van der Waals surface area contributed by atoms with Crippen molar-refractivity contribution in [3.05, 3.63) is 64.7 Å². The number of pyridine rings is 1. The van der Waals surface area contributed by atoms with Crippen LogP contribution < -0.4 is 21.3 Å². The van der Waals surface area contributed by atoms with E-state index in [1.54, 1.807) is 5.32 Å². The van der Waals surface area contributed by atoms with Crippen LogP contribution in [0.4, 0.5) is 45.2 Å². The molecule has 200 valence electrons. The maximum absolute atomic E-state index is 14.7. The summed E-state index contributed by atoms with van der Waals surface area (Å²) >= 11 is 0. The third kappa shape index (κ3) is 5.67. The number of nitrogens with zero attached hydrogens (tertiary/aromatic N) is 3. The highest BCUT2D eigenvalue weighted by Crippen LogP contribution is 2.48. The van der Waals surface area contributed by atoms with Gasteiger partial charge in [-0.3, -0.25) is 9.18 Å². The first-order valence-corrected chi connectivity index (χ1v) is 12.0. The van der Waals surface area contributed by atoms with Gasteiger partial charge in [-0.1, -0.05) is 6.07 Å². The monoisotopic (exact) mass is 533 g/mol. The molecule has 0 bridgehead atoms. The SMILES string of the molecule is O=C(NCC(F)(F)F)c1cnc(Nc2ccc3c(c2)CCNC3)nc1Nc1nc(C2(CF)CC2)ccc1F. The Balaban J connectivity index is 1.46. The minimum absolute atomic E-state index is 0.0211. The molecule has 1 saturated carbocycles. The molecule has 2 aliphatic rings. The lowest BCUT2D eigenvalue weighted by atomic mass is 10.0. The van der Waals surface area contributed by atoms with Crippen LogP contribution >= 0.6 is 0 Å². The Morgan fingerprint density at radius 1 is 1.05 bits per heavy atom. The van der Waals surface area contributed by atoms with Crippen molar-refractivity contribution in [3.8, 4) is 0 Å². The van der Waals surface area contributed by atoms with Crippen LogP contribution in [0.15, 0.2) is 36.5 Å². The molecule has 3 aromatic rings. The molecule has 1 fully saturated rings. The van der Waals surface area contributed by atoms with E-state index >= 15 is 0 Å². The summed E-state index contributed by atoms with van der Waals surface area (Å²) in [7, 11) is 0. The number of nitrogens with one attached hydrogen (secondary N) is 4. The van der Waals surface area contributed by atoms with Gasteiger partial charge in [0, 0.05) is 23.8 Å². The van der Waals surface area contributed by atoms with E-state index in [2.05, 4.69) is 30.9 Å². The molecule has 13 heteroatoms. The number of carbonyl (C=O) groups excluding carboxylic acids is 1. The van der Waals surface area contributed by atoms with Crippen molar-refractivity contribution >= 4 is 29.2 Å². The summed E-state index contributed by atoms with van der Waals surface area (Å²) in [4.78, 5) is 25.1. The van der Waals surface area contributed by atoms with Crippen molar-refractivity contribution in [2.24, 2.45) is 0 Å². The second-order valence-electron chi connectivity index (χ2n) is 9.35. The number of hydrogen-bond donors (Lipinski definition) is 4. The lowest BCUT2D eigenvalue weighted by molar-refractivity contribution is -0.123. The van der Waals surface area contributed by atoms with Crippen molar-refractivity contribution < 1.29 is 26.7 Å². The Labute approximate surface area is 214 Å². The average Bonchev–Trinajstić information content (AvgIpc) is 3.70. The minimum Gasteiger partial charge on any atom is -0.343 e. The standard InChI is InChI=1S/C25H24F5N7O/c26-12-24(6-7-24)19-4-3-18(27)21(35-19)36-20-17(22(38)33-13-25(28,29)30)11-32-23(37-20)34-16-2-1-15-10-31-8-5-14(15)9-16/h1-4,9,11,31H,5-8,10,12-13H2,(H,33,38)(H2,32,34,35,36,37). The summed E-state index contributed by atoms with van der Waals surface area (Å²) in [5.74, 6) is -2.50. The molecule has 1 amide bonds. The molecule has 0 spiro atoms. The third-order valence-electron chi connectivity index (χ3n) is 6.57. The van der Waals surface area contributed by atoms with Crippen LogP contribution in [0.2, 0.25) is 0 Å². The predicted molar refractivity (Wildman–Crippen MR) is 130 cm³/mol. The summed E-state index contributed by atoms with van der Waals surface area (Å²) in [6.07, 6.45) is -1.65. The van der Waals surface area contributed by atoms with Crippen molar-refractivity contribution in [3.63, 3.8) is 0 Å². The molecule has 0 radical (unpaired) electrons. The predicted octanol–water partition coefficient (Wildman–Crippen LogP) is 4.44. The first kappa shape index (κ1) is 25.8. The average molecular weight is 534 g/mol. The minimum atomic E-state index is -4.64. The highest BCUT2D eigenvalue weighted by molar-refractivity contribution is 5.99. The van der Waals surface area contributed by atoms with E-state index in [-0.39, 0.29) is 23.1 Å². The molecule has 5 rings (SSSR count). The van der Waals surface area contributed by atoms with Gasteiger partial charge in [0.25, 0.3) is 5.91 Å². The summed E-state index contributed by atoms with van der Waals surface area (Å²) in [5.41, 5.74) is 2.16. The van der Waals surface area contributed by atoms with Crippen molar-refractivity contribution in [1.29, 1.82) is 0 Å². The van der Waals surface area contributed by atoms with Crippen LogP contribution in [0.3, 0.4) is 0 Å². The Bertz CT molecular complexity index is 1360. The van der Waals surface area contributed by atoms with Gasteiger partial charge in [-0.2, -0.15) is 18.2 Å². The van der Waals surface area contributed by atoms with Gasteiger partial charge in [-0.15, -0.1) is 0 Å². The summed E-state index contributed by atoms with van der Waals surface area (Å²) in [6.45, 7) is -0.641. The molecule has 0 unspecified atom stereocenters. The van der Waals surface area contributed by atoms with Crippen molar-refractivity contribution in [2.75, 3.05) is 30.4 Å². The van der Waals surface area contributed by atoms with Crippen LogP contribution in [0.25, 0.3) is 0 Å². The number of anilines is 4. The first-order valence-electron chi connectivity index (χ1n) is 12.0. The molecule has 8 nitrogen and oxygen atoms in total. The number of alkyl halides is 4. The number of benzene rings is 1. The maximum Gasteiger partial charge on any atom is 0.405 e. The Morgan fingerprint density at radius 3 is 2.61 bits per heavy atom. The molecule has 38 heavy (non-hydrogen) atoms. The van der Waals surface area contributed by atoms with E-state index in [1.165, 1.54) is 6.07 Å². The number of halogens is 5. The Kier molecular flexibility index (Phi) is 6.86. The smallest absolute Gasteiger partial charge is 0.343 e. The molecule has 0 saturated heterocycles. The topological polar surface area (TPSA) is 104 Å². The van der Waals surface area contributed by atoms with E-state index < -0.39 is 36.5 Å².